The summed E-state index contributed by atoms with van der Waals surface area (Å²) in [6, 6.07) is 12.1. The zero-order valence-corrected chi connectivity index (χ0v) is 12.1. The molecule has 2 aromatic carbocycles. The highest BCUT2D eigenvalue weighted by atomic mass is 16.5. The smallest absolute Gasteiger partial charge is 0.262 e. The van der Waals surface area contributed by atoms with Crippen LogP contribution in [0.4, 0.5) is 0 Å². The summed E-state index contributed by atoms with van der Waals surface area (Å²) in [6.45, 7) is 4.57. The van der Waals surface area contributed by atoms with Gasteiger partial charge in [-0.05, 0) is 48.4 Å². The Kier molecular flexibility index (Phi) is 3.62. The molecule has 108 valence electrons. The number of carbonyl (C=O) groups is 1. The Labute approximate surface area is 123 Å². The number of rotatable bonds is 3. The predicted molar refractivity (Wildman–Crippen MR) is 83.8 cm³/mol. The first-order valence-corrected chi connectivity index (χ1v) is 7.07. The minimum absolute atomic E-state index is 0.0632. The van der Waals surface area contributed by atoms with Crippen molar-refractivity contribution in [3.05, 3.63) is 47.5 Å². The highest BCUT2D eigenvalue weighted by molar-refractivity contribution is 6.02. The lowest BCUT2D eigenvalue weighted by Gasteiger charge is -2.11. The summed E-state index contributed by atoms with van der Waals surface area (Å²) in [6.07, 6.45) is 2.08. The van der Waals surface area contributed by atoms with E-state index in [1.54, 1.807) is 0 Å². The summed E-state index contributed by atoms with van der Waals surface area (Å²) in [5.74, 6) is 0.800. The molecule has 0 saturated carbocycles. The van der Waals surface area contributed by atoms with Crippen LogP contribution in [-0.2, 0) is 4.79 Å². The van der Waals surface area contributed by atoms with Crippen molar-refractivity contribution in [2.45, 2.75) is 20.0 Å². The Bertz CT molecular complexity index is 720. The molecule has 4 nitrogen and oxygen atoms in total. The second kappa shape index (κ2) is 5.58. The largest absolute Gasteiger partial charge is 0.491 e. The molecule has 1 fully saturated rings. The van der Waals surface area contributed by atoms with Gasteiger partial charge in [-0.1, -0.05) is 24.3 Å². The van der Waals surface area contributed by atoms with E-state index in [0.717, 1.165) is 27.7 Å². The van der Waals surface area contributed by atoms with E-state index in [2.05, 4.69) is 16.9 Å². The van der Waals surface area contributed by atoms with Gasteiger partial charge in [0.25, 0.3) is 5.91 Å². The SMILES string of the molecule is CC(C)Oc1ccc2c(/C=C3\CNNC3=O)cccc2c1. The average molecular weight is 282 g/mol. The van der Waals surface area contributed by atoms with Gasteiger partial charge in [-0.15, -0.1) is 0 Å². The van der Waals surface area contributed by atoms with Crippen LogP contribution in [0.5, 0.6) is 5.75 Å². The maximum Gasteiger partial charge on any atom is 0.262 e. The van der Waals surface area contributed by atoms with E-state index in [1.807, 2.05) is 50.3 Å². The van der Waals surface area contributed by atoms with Gasteiger partial charge in [0.15, 0.2) is 0 Å². The number of carbonyl (C=O) groups excluding carboxylic acids is 1. The third kappa shape index (κ3) is 2.90. The number of nitrogens with one attached hydrogen (secondary N) is 2. The van der Waals surface area contributed by atoms with E-state index < -0.39 is 0 Å². The van der Waals surface area contributed by atoms with Gasteiger partial charge in [0.1, 0.15) is 5.75 Å². The Morgan fingerprint density at radius 3 is 2.81 bits per heavy atom. The monoisotopic (exact) mass is 282 g/mol. The number of ether oxygens (including phenoxy) is 1. The van der Waals surface area contributed by atoms with Crippen molar-refractivity contribution in [2.24, 2.45) is 0 Å². The van der Waals surface area contributed by atoms with E-state index in [0.29, 0.717) is 6.54 Å². The second-order valence-corrected chi connectivity index (χ2v) is 5.37. The van der Waals surface area contributed by atoms with Crippen molar-refractivity contribution in [3.63, 3.8) is 0 Å². The van der Waals surface area contributed by atoms with Crippen LogP contribution in [0.25, 0.3) is 16.8 Å². The Morgan fingerprint density at radius 1 is 1.24 bits per heavy atom. The van der Waals surface area contributed by atoms with E-state index in [4.69, 9.17) is 4.74 Å². The Hall–Kier alpha value is -2.33. The van der Waals surface area contributed by atoms with E-state index in [1.165, 1.54) is 0 Å². The number of benzene rings is 2. The van der Waals surface area contributed by atoms with Gasteiger partial charge in [0.05, 0.1) is 6.10 Å². The normalized spacial score (nSPS) is 16.7. The minimum Gasteiger partial charge on any atom is -0.491 e. The zero-order chi connectivity index (χ0) is 14.8. The molecule has 0 radical (unpaired) electrons. The van der Waals surface area contributed by atoms with Crippen LogP contribution in [-0.4, -0.2) is 18.6 Å². The first-order chi connectivity index (χ1) is 10.1. The standard InChI is InChI=1S/C17H18N2O2/c1-11(2)21-15-6-7-16-12(4-3-5-13(16)9-15)8-14-10-18-19-17(14)20/h3-9,11,18H,10H2,1-2H3,(H,19,20)/b14-8+. The number of hydrogen-bond donors (Lipinski definition) is 2. The maximum atomic E-state index is 11.6. The van der Waals surface area contributed by atoms with Gasteiger partial charge >= 0.3 is 0 Å². The molecule has 1 saturated heterocycles. The first kappa shape index (κ1) is 13.6. The fourth-order valence-corrected chi connectivity index (χ4v) is 2.44. The molecule has 0 bridgehead atoms. The van der Waals surface area contributed by atoms with Gasteiger partial charge in [-0.2, -0.15) is 0 Å². The number of hydrazine groups is 1. The molecule has 2 aromatic rings. The highest BCUT2D eigenvalue weighted by Gasteiger charge is 2.15. The summed E-state index contributed by atoms with van der Waals surface area (Å²) in [7, 11) is 0. The van der Waals surface area contributed by atoms with E-state index in [-0.39, 0.29) is 12.0 Å². The van der Waals surface area contributed by atoms with Crippen LogP contribution in [0.2, 0.25) is 0 Å². The fraction of sp³-hybridized carbons (Fsp3) is 0.235. The van der Waals surface area contributed by atoms with E-state index in [9.17, 15) is 4.79 Å². The van der Waals surface area contributed by atoms with Crippen molar-refractivity contribution in [2.75, 3.05) is 6.54 Å². The zero-order valence-electron chi connectivity index (χ0n) is 12.1. The van der Waals surface area contributed by atoms with Crippen molar-refractivity contribution in [1.29, 1.82) is 0 Å². The summed E-state index contributed by atoms with van der Waals surface area (Å²) < 4.78 is 5.72. The van der Waals surface area contributed by atoms with Crippen molar-refractivity contribution in [1.82, 2.24) is 10.9 Å². The molecule has 1 aliphatic heterocycles. The van der Waals surface area contributed by atoms with Crippen molar-refractivity contribution in [3.8, 4) is 5.75 Å². The topological polar surface area (TPSA) is 50.4 Å². The fourth-order valence-electron chi connectivity index (χ4n) is 2.44. The molecule has 21 heavy (non-hydrogen) atoms. The van der Waals surface area contributed by atoms with Gasteiger partial charge in [0.2, 0.25) is 0 Å². The molecule has 0 aromatic heterocycles. The van der Waals surface area contributed by atoms with Gasteiger partial charge < -0.3 is 4.74 Å². The van der Waals surface area contributed by atoms with Crippen molar-refractivity contribution >= 4 is 22.8 Å². The summed E-state index contributed by atoms with van der Waals surface area (Å²) in [5, 5.41) is 2.22. The number of hydrogen-bond acceptors (Lipinski definition) is 3. The first-order valence-electron chi connectivity index (χ1n) is 7.07. The molecule has 0 atom stereocenters. The minimum atomic E-state index is -0.0632. The summed E-state index contributed by atoms with van der Waals surface area (Å²) in [4.78, 5) is 11.6. The van der Waals surface area contributed by atoms with Crippen LogP contribution in [0.15, 0.2) is 42.0 Å². The molecule has 1 heterocycles. The Balaban J connectivity index is 2.02. The summed E-state index contributed by atoms with van der Waals surface area (Å²) >= 11 is 0. The molecule has 0 unspecified atom stereocenters. The quantitative estimate of drug-likeness (QED) is 0.851. The molecule has 4 heteroatoms. The van der Waals surface area contributed by atoms with Gasteiger partial charge in [0, 0.05) is 12.1 Å². The molecule has 2 N–H and O–H groups in total. The summed E-state index contributed by atoms with van der Waals surface area (Å²) in [5.41, 5.74) is 7.20. The molecule has 0 spiro atoms. The average Bonchev–Trinajstić information content (AvgIpc) is 2.84. The molecule has 3 rings (SSSR count). The molecule has 0 aliphatic carbocycles. The highest BCUT2D eigenvalue weighted by Crippen LogP contribution is 2.26. The van der Waals surface area contributed by atoms with Crippen LogP contribution in [0, 0.1) is 0 Å². The van der Waals surface area contributed by atoms with Gasteiger partial charge in [-0.3, -0.25) is 10.2 Å². The van der Waals surface area contributed by atoms with Gasteiger partial charge in [-0.25, -0.2) is 5.43 Å². The third-order valence-corrected chi connectivity index (χ3v) is 3.36. The van der Waals surface area contributed by atoms with E-state index >= 15 is 0 Å². The Morgan fingerprint density at radius 2 is 2.10 bits per heavy atom. The lowest BCUT2D eigenvalue weighted by Crippen LogP contribution is -2.25. The second-order valence-electron chi connectivity index (χ2n) is 5.37. The maximum absolute atomic E-state index is 11.6. The molecular weight excluding hydrogens is 264 g/mol. The lowest BCUT2D eigenvalue weighted by molar-refractivity contribution is -0.116. The molecule has 1 aliphatic rings. The van der Waals surface area contributed by atoms with Crippen LogP contribution >= 0.6 is 0 Å². The molecular formula is C17H18N2O2. The third-order valence-electron chi connectivity index (χ3n) is 3.36. The van der Waals surface area contributed by atoms with Crippen LogP contribution < -0.4 is 15.6 Å². The number of amides is 1. The van der Waals surface area contributed by atoms with Crippen LogP contribution in [0.1, 0.15) is 19.4 Å². The lowest BCUT2D eigenvalue weighted by atomic mass is 10.0. The van der Waals surface area contributed by atoms with Crippen LogP contribution in [0.3, 0.4) is 0 Å². The predicted octanol–water partition coefficient (Wildman–Crippen LogP) is 2.64. The van der Waals surface area contributed by atoms with Crippen molar-refractivity contribution < 1.29 is 9.53 Å². The number of fused-ring (bicyclic) bond motifs is 1. The molecule has 1 amide bonds.